The fraction of sp³-hybridized carbons (Fsp3) is 0.500. The summed E-state index contributed by atoms with van der Waals surface area (Å²) in [7, 11) is 0. The third-order valence-corrected chi connectivity index (χ3v) is 3.03. The molecule has 0 atom stereocenters. The minimum atomic E-state index is -0.201. The summed E-state index contributed by atoms with van der Waals surface area (Å²) in [5, 5.41) is 12.4. The lowest BCUT2D eigenvalue weighted by molar-refractivity contribution is 0.207. The highest BCUT2D eigenvalue weighted by atomic mass is 19.1. The maximum absolute atomic E-state index is 12.6. The zero-order valence-corrected chi connectivity index (χ0v) is 8.67. The van der Waals surface area contributed by atoms with E-state index in [0.717, 1.165) is 31.5 Å². The summed E-state index contributed by atoms with van der Waals surface area (Å²) in [4.78, 5) is 0. The van der Waals surface area contributed by atoms with Crippen LogP contribution in [0.3, 0.4) is 0 Å². The highest BCUT2D eigenvalue weighted by molar-refractivity contribution is 5.15. The van der Waals surface area contributed by atoms with E-state index < -0.39 is 0 Å². The Morgan fingerprint density at radius 3 is 2.47 bits per heavy atom. The van der Waals surface area contributed by atoms with E-state index in [4.69, 9.17) is 5.11 Å². The van der Waals surface area contributed by atoms with Crippen LogP contribution in [0.5, 0.6) is 0 Å². The molecule has 1 aromatic carbocycles. The topological polar surface area (TPSA) is 32.3 Å². The lowest BCUT2D eigenvalue weighted by atomic mass is 10.1. The molecule has 0 spiro atoms. The molecule has 0 aliphatic heterocycles. The average molecular weight is 209 g/mol. The van der Waals surface area contributed by atoms with Crippen LogP contribution < -0.4 is 5.32 Å². The number of rotatable bonds is 5. The van der Waals surface area contributed by atoms with Gasteiger partial charge in [-0.15, -0.1) is 0 Å². The summed E-state index contributed by atoms with van der Waals surface area (Å²) in [6, 6.07) is 6.49. The van der Waals surface area contributed by atoms with E-state index >= 15 is 0 Å². The summed E-state index contributed by atoms with van der Waals surface area (Å²) in [5.74, 6) is -0.201. The fourth-order valence-electron chi connectivity index (χ4n) is 1.64. The van der Waals surface area contributed by atoms with Gasteiger partial charge in [0.1, 0.15) is 5.82 Å². The van der Waals surface area contributed by atoms with Gasteiger partial charge in [0.05, 0.1) is 0 Å². The lowest BCUT2D eigenvalue weighted by Crippen LogP contribution is -2.26. The van der Waals surface area contributed by atoms with Gasteiger partial charge in [0, 0.05) is 25.1 Å². The minimum Gasteiger partial charge on any atom is -0.396 e. The standard InChI is InChI=1S/C12H16FNO/c13-11-3-1-10(2-4-11)7-14-8-12(9-15)5-6-12/h1-4,14-15H,5-9H2. The smallest absolute Gasteiger partial charge is 0.123 e. The predicted molar refractivity (Wildman–Crippen MR) is 56.9 cm³/mol. The number of aliphatic hydroxyl groups excluding tert-OH is 1. The summed E-state index contributed by atoms with van der Waals surface area (Å²) in [6.45, 7) is 1.85. The van der Waals surface area contributed by atoms with Crippen LogP contribution in [0.4, 0.5) is 4.39 Å². The largest absolute Gasteiger partial charge is 0.396 e. The predicted octanol–water partition coefficient (Wildman–Crippen LogP) is 1.69. The molecule has 1 fully saturated rings. The number of aliphatic hydroxyl groups is 1. The molecule has 3 heteroatoms. The zero-order chi connectivity index (χ0) is 10.7. The molecule has 1 saturated carbocycles. The van der Waals surface area contributed by atoms with Crippen molar-refractivity contribution in [3.63, 3.8) is 0 Å². The molecule has 0 heterocycles. The van der Waals surface area contributed by atoms with Crippen molar-refractivity contribution in [2.75, 3.05) is 13.2 Å². The van der Waals surface area contributed by atoms with E-state index in [0.29, 0.717) is 0 Å². The number of benzene rings is 1. The summed E-state index contributed by atoms with van der Waals surface area (Å²) in [6.07, 6.45) is 2.22. The Kier molecular flexibility index (Phi) is 3.03. The van der Waals surface area contributed by atoms with Crippen molar-refractivity contribution in [1.82, 2.24) is 5.32 Å². The molecule has 82 valence electrons. The minimum absolute atomic E-state index is 0.139. The van der Waals surface area contributed by atoms with Crippen molar-refractivity contribution < 1.29 is 9.50 Å². The van der Waals surface area contributed by atoms with E-state index in [2.05, 4.69) is 5.32 Å². The van der Waals surface area contributed by atoms with Crippen molar-refractivity contribution in [3.05, 3.63) is 35.6 Å². The third-order valence-electron chi connectivity index (χ3n) is 3.03. The van der Waals surface area contributed by atoms with Crippen LogP contribution in [0.15, 0.2) is 24.3 Å². The van der Waals surface area contributed by atoms with Gasteiger partial charge in [-0.1, -0.05) is 12.1 Å². The van der Waals surface area contributed by atoms with Crippen LogP contribution in [0, 0.1) is 11.2 Å². The first-order valence-electron chi connectivity index (χ1n) is 5.30. The number of nitrogens with one attached hydrogen (secondary N) is 1. The van der Waals surface area contributed by atoms with Crippen molar-refractivity contribution in [1.29, 1.82) is 0 Å². The molecule has 1 aliphatic rings. The van der Waals surface area contributed by atoms with Gasteiger partial charge in [0.15, 0.2) is 0 Å². The summed E-state index contributed by atoms with van der Waals surface area (Å²) >= 11 is 0. The quantitative estimate of drug-likeness (QED) is 0.773. The van der Waals surface area contributed by atoms with Gasteiger partial charge in [0.25, 0.3) is 0 Å². The van der Waals surface area contributed by atoms with Crippen molar-refractivity contribution >= 4 is 0 Å². The van der Waals surface area contributed by atoms with E-state index in [1.165, 1.54) is 12.1 Å². The van der Waals surface area contributed by atoms with Gasteiger partial charge in [0.2, 0.25) is 0 Å². The molecule has 15 heavy (non-hydrogen) atoms. The van der Waals surface area contributed by atoms with E-state index in [-0.39, 0.29) is 17.8 Å². The third kappa shape index (κ3) is 2.76. The molecule has 0 amide bonds. The Hall–Kier alpha value is -0.930. The molecular weight excluding hydrogens is 193 g/mol. The first-order valence-corrected chi connectivity index (χ1v) is 5.30. The highest BCUT2D eigenvalue weighted by Crippen LogP contribution is 2.44. The number of halogens is 1. The van der Waals surface area contributed by atoms with Crippen LogP contribution in [0.2, 0.25) is 0 Å². The van der Waals surface area contributed by atoms with Crippen LogP contribution >= 0.6 is 0 Å². The van der Waals surface area contributed by atoms with Gasteiger partial charge in [-0.25, -0.2) is 4.39 Å². The maximum Gasteiger partial charge on any atom is 0.123 e. The molecule has 2 rings (SSSR count). The molecular formula is C12H16FNO. The second-order valence-corrected chi connectivity index (χ2v) is 4.39. The van der Waals surface area contributed by atoms with Crippen molar-refractivity contribution in [2.45, 2.75) is 19.4 Å². The van der Waals surface area contributed by atoms with E-state index in [1.54, 1.807) is 12.1 Å². The van der Waals surface area contributed by atoms with Gasteiger partial charge in [-0.05, 0) is 30.5 Å². The van der Waals surface area contributed by atoms with Gasteiger partial charge >= 0.3 is 0 Å². The van der Waals surface area contributed by atoms with Gasteiger partial charge in [-0.3, -0.25) is 0 Å². The van der Waals surface area contributed by atoms with Crippen LogP contribution in [0.25, 0.3) is 0 Å². The molecule has 2 N–H and O–H groups in total. The number of hydrogen-bond acceptors (Lipinski definition) is 2. The van der Waals surface area contributed by atoms with E-state index in [9.17, 15) is 4.39 Å². The Labute approximate surface area is 89.1 Å². The van der Waals surface area contributed by atoms with Gasteiger partial charge in [-0.2, -0.15) is 0 Å². The molecule has 0 bridgehead atoms. The van der Waals surface area contributed by atoms with Crippen LogP contribution in [-0.2, 0) is 6.54 Å². The Morgan fingerprint density at radius 1 is 1.27 bits per heavy atom. The molecule has 1 aromatic rings. The second kappa shape index (κ2) is 4.29. The summed E-state index contributed by atoms with van der Waals surface area (Å²) in [5.41, 5.74) is 1.21. The monoisotopic (exact) mass is 209 g/mol. The van der Waals surface area contributed by atoms with Crippen molar-refractivity contribution in [2.24, 2.45) is 5.41 Å². The lowest BCUT2D eigenvalue weighted by Gasteiger charge is -2.12. The molecule has 0 aromatic heterocycles. The fourth-order valence-corrected chi connectivity index (χ4v) is 1.64. The average Bonchev–Trinajstić information content (AvgIpc) is 3.02. The maximum atomic E-state index is 12.6. The van der Waals surface area contributed by atoms with E-state index in [1.807, 2.05) is 0 Å². The Morgan fingerprint density at radius 2 is 1.93 bits per heavy atom. The normalized spacial score (nSPS) is 17.7. The molecule has 2 nitrogen and oxygen atoms in total. The van der Waals surface area contributed by atoms with Crippen molar-refractivity contribution in [3.8, 4) is 0 Å². The summed E-state index contributed by atoms with van der Waals surface area (Å²) < 4.78 is 12.6. The molecule has 0 unspecified atom stereocenters. The molecule has 1 aliphatic carbocycles. The van der Waals surface area contributed by atoms with Crippen LogP contribution in [0.1, 0.15) is 18.4 Å². The zero-order valence-electron chi connectivity index (χ0n) is 8.67. The Bertz CT molecular complexity index is 319. The Balaban J connectivity index is 1.76. The second-order valence-electron chi connectivity index (χ2n) is 4.39. The number of hydrogen-bond donors (Lipinski definition) is 2. The van der Waals surface area contributed by atoms with Crippen LogP contribution in [-0.4, -0.2) is 18.3 Å². The SMILES string of the molecule is OCC1(CNCc2ccc(F)cc2)CC1. The molecule has 0 saturated heterocycles. The van der Waals surface area contributed by atoms with Gasteiger partial charge < -0.3 is 10.4 Å². The first-order chi connectivity index (χ1) is 7.24. The highest BCUT2D eigenvalue weighted by Gasteiger charge is 2.41. The molecule has 0 radical (unpaired) electrons. The first kappa shape index (κ1) is 10.6.